The summed E-state index contributed by atoms with van der Waals surface area (Å²) < 4.78 is 5.14. The Labute approximate surface area is 154 Å². The van der Waals surface area contributed by atoms with Crippen LogP contribution in [-0.2, 0) is 4.79 Å². The van der Waals surface area contributed by atoms with Crippen molar-refractivity contribution >= 4 is 12.0 Å². The third-order valence-electron chi connectivity index (χ3n) is 4.10. The lowest BCUT2D eigenvalue weighted by molar-refractivity contribution is -0.116. The lowest BCUT2D eigenvalue weighted by atomic mass is 9.98. The second kappa shape index (κ2) is 8.67. The Kier molecular flexibility index (Phi) is 5.84. The summed E-state index contributed by atoms with van der Waals surface area (Å²) in [5, 5.41) is 3.09. The van der Waals surface area contributed by atoms with Crippen LogP contribution in [0, 0.1) is 0 Å². The molecule has 1 amide bonds. The Balaban J connectivity index is 1.76. The Bertz CT molecular complexity index is 816. The zero-order valence-electron chi connectivity index (χ0n) is 14.6. The molecule has 0 saturated heterocycles. The first-order valence-electron chi connectivity index (χ1n) is 8.49. The summed E-state index contributed by atoms with van der Waals surface area (Å²) in [5.41, 5.74) is 3.03. The van der Waals surface area contributed by atoms with Gasteiger partial charge in [-0.25, -0.2) is 0 Å². The van der Waals surface area contributed by atoms with Crippen LogP contribution in [0.1, 0.15) is 22.7 Å². The molecule has 0 fully saturated rings. The third-order valence-corrected chi connectivity index (χ3v) is 4.10. The van der Waals surface area contributed by atoms with Crippen molar-refractivity contribution in [2.24, 2.45) is 0 Å². The molecule has 3 rings (SSSR count). The molecule has 0 saturated carbocycles. The van der Waals surface area contributed by atoms with Gasteiger partial charge in [0.25, 0.3) is 0 Å². The normalized spacial score (nSPS) is 10.8. The minimum absolute atomic E-state index is 0.140. The quantitative estimate of drug-likeness (QED) is 0.664. The summed E-state index contributed by atoms with van der Waals surface area (Å²) in [6.07, 6.45) is 3.35. The molecule has 0 atom stereocenters. The van der Waals surface area contributed by atoms with E-state index in [4.69, 9.17) is 4.74 Å². The van der Waals surface area contributed by atoms with Gasteiger partial charge in [-0.15, -0.1) is 0 Å². The van der Waals surface area contributed by atoms with Crippen LogP contribution in [0.3, 0.4) is 0 Å². The van der Waals surface area contributed by atoms with E-state index < -0.39 is 0 Å². The van der Waals surface area contributed by atoms with Crippen molar-refractivity contribution in [2.45, 2.75) is 6.04 Å². The van der Waals surface area contributed by atoms with Crippen molar-refractivity contribution in [2.75, 3.05) is 7.11 Å². The highest BCUT2D eigenvalue weighted by Crippen LogP contribution is 2.21. The van der Waals surface area contributed by atoms with E-state index in [1.165, 1.54) is 0 Å². The lowest BCUT2D eigenvalue weighted by Gasteiger charge is -2.19. The summed E-state index contributed by atoms with van der Waals surface area (Å²) in [4.78, 5) is 12.5. The molecule has 0 aromatic heterocycles. The number of hydrogen-bond acceptors (Lipinski definition) is 2. The molecule has 0 spiro atoms. The molecule has 0 unspecified atom stereocenters. The molecule has 0 aliphatic heterocycles. The molecule has 0 aliphatic rings. The molecular formula is C23H21NO2. The van der Waals surface area contributed by atoms with Gasteiger partial charge in [-0.2, -0.15) is 0 Å². The topological polar surface area (TPSA) is 38.3 Å². The Morgan fingerprint density at radius 2 is 1.38 bits per heavy atom. The number of methoxy groups -OCH3 is 1. The van der Waals surface area contributed by atoms with E-state index in [0.29, 0.717) is 0 Å². The Morgan fingerprint density at radius 3 is 1.88 bits per heavy atom. The number of benzene rings is 3. The van der Waals surface area contributed by atoms with Crippen LogP contribution in [0.4, 0.5) is 0 Å². The molecule has 3 aromatic carbocycles. The first-order valence-corrected chi connectivity index (χ1v) is 8.49. The van der Waals surface area contributed by atoms with Crippen molar-refractivity contribution in [1.82, 2.24) is 5.32 Å². The maximum absolute atomic E-state index is 12.5. The number of amides is 1. The number of rotatable bonds is 6. The van der Waals surface area contributed by atoms with Crippen molar-refractivity contribution in [3.63, 3.8) is 0 Å². The fourth-order valence-electron chi connectivity index (χ4n) is 2.73. The molecule has 0 bridgehead atoms. The van der Waals surface area contributed by atoms with Crippen LogP contribution >= 0.6 is 0 Å². The number of hydrogen-bond donors (Lipinski definition) is 1. The van der Waals surface area contributed by atoms with Gasteiger partial charge >= 0.3 is 0 Å². The summed E-state index contributed by atoms with van der Waals surface area (Å²) in [7, 11) is 1.63. The largest absolute Gasteiger partial charge is 0.497 e. The Hall–Kier alpha value is -3.33. The molecule has 130 valence electrons. The van der Waals surface area contributed by atoms with Crippen molar-refractivity contribution in [3.05, 3.63) is 108 Å². The van der Waals surface area contributed by atoms with E-state index >= 15 is 0 Å². The van der Waals surface area contributed by atoms with E-state index in [9.17, 15) is 4.79 Å². The molecule has 3 aromatic rings. The molecule has 0 radical (unpaired) electrons. The van der Waals surface area contributed by atoms with E-state index in [1.54, 1.807) is 19.3 Å². The summed E-state index contributed by atoms with van der Waals surface area (Å²) in [5.74, 6) is 0.651. The molecule has 26 heavy (non-hydrogen) atoms. The first kappa shape index (κ1) is 17.5. The molecule has 0 aliphatic carbocycles. The van der Waals surface area contributed by atoms with Gasteiger partial charge in [-0.1, -0.05) is 72.8 Å². The summed E-state index contributed by atoms with van der Waals surface area (Å²) in [6, 6.07) is 27.3. The predicted molar refractivity (Wildman–Crippen MR) is 105 cm³/mol. The van der Waals surface area contributed by atoms with Crippen LogP contribution in [0.2, 0.25) is 0 Å². The zero-order valence-corrected chi connectivity index (χ0v) is 14.6. The highest BCUT2D eigenvalue weighted by atomic mass is 16.5. The van der Waals surface area contributed by atoms with Crippen LogP contribution in [-0.4, -0.2) is 13.0 Å². The average Bonchev–Trinajstić information content (AvgIpc) is 2.72. The summed E-state index contributed by atoms with van der Waals surface area (Å²) in [6.45, 7) is 0. The standard InChI is InChI=1S/C23H21NO2/c1-26-21-15-12-18(13-16-21)14-17-22(25)24-23(19-8-4-2-5-9-19)20-10-6-3-7-11-20/h2-17,23H,1H3,(H,24,25)/b17-14+. The lowest BCUT2D eigenvalue weighted by Crippen LogP contribution is -2.27. The summed E-state index contributed by atoms with van der Waals surface area (Å²) >= 11 is 0. The van der Waals surface area contributed by atoms with Gasteiger partial charge in [-0.3, -0.25) is 4.79 Å². The maximum atomic E-state index is 12.5. The van der Waals surface area contributed by atoms with Gasteiger partial charge < -0.3 is 10.1 Å². The maximum Gasteiger partial charge on any atom is 0.244 e. The van der Waals surface area contributed by atoms with Crippen LogP contribution in [0.5, 0.6) is 5.75 Å². The van der Waals surface area contributed by atoms with E-state index in [1.807, 2.05) is 84.9 Å². The fraction of sp³-hybridized carbons (Fsp3) is 0.0870. The van der Waals surface area contributed by atoms with Gasteiger partial charge in [0, 0.05) is 6.08 Å². The van der Waals surface area contributed by atoms with Crippen molar-refractivity contribution in [3.8, 4) is 5.75 Å². The zero-order chi connectivity index (χ0) is 18.2. The monoisotopic (exact) mass is 343 g/mol. The van der Waals surface area contributed by atoms with Gasteiger partial charge in [0.1, 0.15) is 5.75 Å². The average molecular weight is 343 g/mol. The first-order chi connectivity index (χ1) is 12.8. The van der Waals surface area contributed by atoms with E-state index in [-0.39, 0.29) is 11.9 Å². The number of carbonyl (C=O) groups excluding carboxylic acids is 1. The smallest absolute Gasteiger partial charge is 0.244 e. The van der Waals surface area contributed by atoms with Crippen LogP contribution in [0.25, 0.3) is 6.08 Å². The van der Waals surface area contributed by atoms with E-state index in [2.05, 4.69) is 5.32 Å². The SMILES string of the molecule is COc1ccc(/C=C/C(=O)NC(c2ccccc2)c2ccccc2)cc1. The molecule has 3 nitrogen and oxygen atoms in total. The van der Waals surface area contributed by atoms with Crippen molar-refractivity contribution < 1.29 is 9.53 Å². The van der Waals surface area contributed by atoms with Gasteiger partial charge in [0.15, 0.2) is 0 Å². The third kappa shape index (κ3) is 4.61. The highest BCUT2D eigenvalue weighted by Gasteiger charge is 2.15. The van der Waals surface area contributed by atoms with Crippen molar-refractivity contribution in [1.29, 1.82) is 0 Å². The van der Waals surface area contributed by atoms with Crippen LogP contribution < -0.4 is 10.1 Å². The highest BCUT2D eigenvalue weighted by molar-refractivity contribution is 5.92. The minimum Gasteiger partial charge on any atom is -0.497 e. The van der Waals surface area contributed by atoms with E-state index in [0.717, 1.165) is 22.4 Å². The molecular weight excluding hydrogens is 322 g/mol. The Morgan fingerprint density at radius 1 is 0.846 bits per heavy atom. The second-order valence-electron chi connectivity index (χ2n) is 5.87. The number of carbonyl (C=O) groups is 1. The minimum atomic E-state index is -0.189. The second-order valence-corrected chi connectivity index (χ2v) is 5.87. The predicted octanol–water partition coefficient (Wildman–Crippen LogP) is 4.61. The molecule has 0 heterocycles. The van der Waals surface area contributed by atoms with Gasteiger partial charge in [0.05, 0.1) is 13.2 Å². The molecule has 1 N–H and O–H groups in total. The fourth-order valence-corrected chi connectivity index (χ4v) is 2.73. The molecule has 3 heteroatoms. The van der Waals surface area contributed by atoms with Gasteiger partial charge in [0.2, 0.25) is 5.91 Å². The number of ether oxygens (including phenoxy) is 1. The van der Waals surface area contributed by atoms with Gasteiger partial charge in [-0.05, 0) is 34.9 Å². The van der Waals surface area contributed by atoms with Crippen LogP contribution in [0.15, 0.2) is 91.0 Å². The number of nitrogens with one attached hydrogen (secondary N) is 1.